The van der Waals surface area contributed by atoms with Gasteiger partial charge in [0.1, 0.15) is 23.5 Å². The number of hydrogen-bond acceptors (Lipinski definition) is 9. The number of nitrogens with one attached hydrogen (secondary N) is 2. The summed E-state index contributed by atoms with van der Waals surface area (Å²) < 4.78 is 14.0. The zero-order valence-electron chi connectivity index (χ0n) is 20.1. The Morgan fingerprint density at radius 3 is 2.40 bits per heavy atom. The van der Waals surface area contributed by atoms with Crippen LogP contribution in [0.25, 0.3) is 0 Å². The van der Waals surface area contributed by atoms with Gasteiger partial charge in [-0.2, -0.15) is 0 Å². The average molecular weight is 508 g/mol. The number of esters is 1. The minimum Gasteiger partial charge on any atom is -0.435 e. The molecule has 1 aromatic carbocycles. The van der Waals surface area contributed by atoms with Crippen LogP contribution in [-0.2, 0) is 33.4 Å². The third-order valence-corrected chi connectivity index (χ3v) is 7.08. The standard InChI is InChI=1S/C23H29N3O8S/c1-6-32-22(31)34-13(3)33-21(30)17-23(4,5)35-20-16(19(29)26(17)20)25-18(28)15(24-12(2)27)14-10-8-7-9-11-14/h7-11,13,15-17,20H,6H2,1-5H3,(H,24,27)(H,25,28)/t13-,15-,16-,17+,20-/m1/s1. The molecule has 0 unspecified atom stereocenters. The van der Waals surface area contributed by atoms with Gasteiger partial charge in [0.25, 0.3) is 0 Å². The van der Waals surface area contributed by atoms with E-state index in [1.165, 1.54) is 30.5 Å². The number of nitrogens with zero attached hydrogens (tertiary/aromatic N) is 1. The number of amides is 3. The number of benzene rings is 1. The smallest absolute Gasteiger partial charge is 0.435 e. The second kappa shape index (κ2) is 10.5. The number of ether oxygens (including phenoxy) is 3. The van der Waals surface area contributed by atoms with Crippen molar-refractivity contribution in [2.45, 2.75) is 69.2 Å². The number of β-lactam (4-membered cyclic amide) rings is 1. The van der Waals surface area contributed by atoms with Crippen molar-refractivity contribution >= 4 is 41.6 Å². The first-order valence-corrected chi connectivity index (χ1v) is 12.0. The average Bonchev–Trinajstić information content (AvgIpc) is 3.03. The van der Waals surface area contributed by atoms with Gasteiger partial charge in [-0.05, 0) is 26.3 Å². The summed E-state index contributed by atoms with van der Waals surface area (Å²) in [6.07, 6.45) is -2.18. The summed E-state index contributed by atoms with van der Waals surface area (Å²) in [5, 5.41) is 4.82. The minimum absolute atomic E-state index is 0.107. The van der Waals surface area contributed by atoms with Gasteiger partial charge in [0.15, 0.2) is 0 Å². The summed E-state index contributed by atoms with van der Waals surface area (Å²) in [6, 6.07) is 5.87. The Morgan fingerprint density at radius 2 is 1.80 bits per heavy atom. The zero-order valence-corrected chi connectivity index (χ0v) is 20.9. The topological polar surface area (TPSA) is 140 Å². The molecule has 2 heterocycles. The molecule has 3 amide bonds. The fourth-order valence-electron chi connectivity index (χ4n) is 4.05. The summed E-state index contributed by atoms with van der Waals surface area (Å²) >= 11 is 1.35. The van der Waals surface area contributed by atoms with E-state index >= 15 is 0 Å². The number of carbonyl (C=O) groups is 5. The van der Waals surface area contributed by atoms with Gasteiger partial charge in [0.05, 0.1) is 6.61 Å². The first kappa shape index (κ1) is 26.3. The lowest BCUT2D eigenvalue weighted by atomic mass is 9.95. The molecule has 0 aliphatic carbocycles. The predicted octanol–water partition coefficient (Wildman–Crippen LogP) is 1.47. The van der Waals surface area contributed by atoms with Crippen molar-refractivity contribution in [2.75, 3.05) is 6.61 Å². The molecule has 2 N–H and O–H groups in total. The van der Waals surface area contributed by atoms with Gasteiger partial charge in [-0.3, -0.25) is 14.4 Å². The van der Waals surface area contributed by atoms with Gasteiger partial charge in [0, 0.05) is 18.6 Å². The van der Waals surface area contributed by atoms with Crippen LogP contribution in [-0.4, -0.2) is 69.8 Å². The molecule has 190 valence electrons. The Kier molecular flexibility index (Phi) is 7.93. The first-order valence-electron chi connectivity index (χ1n) is 11.1. The largest absolute Gasteiger partial charge is 0.511 e. The Hall–Kier alpha value is -3.28. The summed E-state index contributed by atoms with van der Waals surface area (Å²) in [6.45, 7) is 7.96. The maximum absolute atomic E-state index is 13.0. The Balaban J connectivity index is 1.69. The Labute approximate surface area is 207 Å². The van der Waals surface area contributed by atoms with Crippen molar-refractivity contribution < 1.29 is 38.2 Å². The van der Waals surface area contributed by atoms with Gasteiger partial charge in [0.2, 0.25) is 24.0 Å². The molecule has 2 saturated heterocycles. The van der Waals surface area contributed by atoms with E-state index in [4.69, 9.17) is 9.47 Å². The molecular weight excluding hydrogens is 478 g/mol. The van der Waals surface area contributed by atoms with Crippen molar-refractivity contribution in [3.63, 3.8) is 0 Å². The van der Waals surface area contributed by atoms with E-state index in [1.54, 1.807) is 51.1 Å². The van der Waals surface area contributed by atoms with Crippen LogP contribution in [0.5, 0.6) is 0 Å². The Morgan fingerprint density at radius 1 is 1.14 bits per heavy atom. The molecule has 0 aromatic heterocycles. The molecule has 0 saturated carbocycles. The van der Waals surface area contributed by atoms with E-state index in [1.807, 2.05) is 0 Å². The molecule has 0 radical (unpaired) electrons. The van der Waals surface area contributed by atoms with Crippen LogP contribution in [0.3, 0.4) is 0 Å². The molecule has 35 heavy (non-hydrogen) atoms. The first-order chi connectivity index (χ1) is 16.5. The molecule has 12 heteroatoms. The van der Waals surface area contributed by atoms with Crippen molar-refractivity contribution in [1.29, 1.82) is 0 Å². The van der Waals surface area contributed by atoms with E-state index < -0.39 is 64.4 Å². The SMILES string of the molecule is CCOC(=O)O[C@H](C)OC(=O)[C@@H]1N2C(=O)[C@@H](NC(=O)[C@H](NC(C)=O)c3ccccc3)[C@H]2SC1(C)C. The number of hydrogen-bond donors (Lipinski definition) is 2. The second-order valence-corrected chi connectivity index (χ2v) is 10.4. The highest BCUT2D eigenvalue weighted by Gasteiger charge is 2.64. The van der Waals surface area contributed by atoms with Crippen LogP contribution in [0.2, 0.25) is 0 Å². The molecule has 11 nitrogen and oxygen atoms in total. The minimum atomic E-state index is -1.21. The van der Waals surface area contributed by atoms with E-state index in [0.29, 0.717) is 5.56 Å². The fourth-order valence-corrected chi connectivity index (χ4v) is 5.67. The van der Waals surface area contributed by atoms with Crippen LogP contribution >= 0.6 is 11.8 Å². The monoisotopic (exact) mass is 507 g/mol. The molecule has 2 fully saturated rings. The van der Waals surface area contributed by atoms with E-state index in [0.717, 1.165) is 0 Å². The number of rotatable bonds is 8. The highest BCUT2D eigenvalue weighted by Crippen LogP contribution is 2.51. The third-order valence-electron chi connectivity index (χ3n) is 5.51. The van der Waals surface area contributed by atoms with Crippen LogP contribution in [0.1, 0.15) is 46.2 Å². The quantitative estimate of drug-likeness (QED) is 0.304. The van der Waals surface area contributed by atoms with Crippen molar-refractivity contribution in [2.24, 2.45) is 0 Å². The van der Waals surface area contributed by atoms with E-state index in [2.05, 4.69) is 15.4 Å². The van der Waals surface area contributed by atoms with Crippen LogP contribution in [0.15, 0.2) is 30.3 Å². The molecule has 0 spiro atoms. The highest BCUT2D eigenvalue weighted by molar-refractivity contribution is 8.01. The molecule has 1 aromatic rings. The molecular formula is C23H29N3O8S. The van der Waals surface area contributed by atoms with E-state index in [-0.39, 0.29) is 6.61 Å². The summed E-state index contributed by atoms with van der Waals surface area (Å²) in [4.78, 5) is 63.4. The molecule has 3 rings (SSSR count). The zero-order chi connectivity index (χ0) is 25.9. The summed E-state index contributed by atoms with van der Waals surface area (Å²) in [5.74, 6) is -2.11. The Bertz CT molecular complexity index is 1000. The summed E-state index contributed by atoms with van der Waals surface area (Å²) in [5.41, 5.74) is 0.570. The summed E-state index contributed by atoms with van der Waals surface area (Å²) in [7, 11) is 0. The van der Waals surface area contributed by atoms with Gasteiger partial charge in [-0.25, -0.2) is 9.59 Å². The van der Waals surface area contributed by atoms with Crippen LogP contribution in [0.4, 0.5) is 4.79 Å². The lowest BCUT2D eigenvalue weighted by Crippen LogP contribution is -2.71. The van der Waals surface area contributed by atoms with Crippen LogP contribution in [0, 0.1) is 0 Å². The second-order valence-electron chi connectivity index (χ2n) is 8.60. The number of carbonyl (C=O) groups excluding carboxylic acids is 5. The number of fused-ring (bicyclic) bond motifs is 1. The predicted molar refractivity (Wildman–Crippen MR) is 125 cm³/mol. The fraction of sp³-hybridized carbons (Fsp3) is 0.522. The van der Waals surface area contributed by atoms with Crippen molar-refractivity contribution in [3.05, 3.63) is 35.9 Å². The molecule has 2 aliphatic rings. The maximum atomic E-state index is 13.0. The van der Waals surface area contributed by atoms with Gasteiger partial charge in [-0.15, -0.1) is 11.8 Å². The lowest BCUT2D eigenvalue weighted by Gasteiger charge is -2.44. The van der Waals surface area contributed by atoms with Crippen LogP contribution < -0.4 is 10.6 Å². The van der Waals surface area contributed by atoms with Gasteiger partial charge >= 0.3 is 12.1 Å². The molecule has 2 aliphatic heterocycles. The molecule has 0 bridgehead atoms. The number of thioether (sulfide) groups is 1. The maximum Gasteiger partial charge on any atom is 0.511 e. The lowest BCUT2D eigenvalue weighted by molar-refractivity contribution is -0.180. The highest BCUT2D eigenvalue weighted by atomic mass is 32.2. The van der Waals surface area contributed by atoms with Gasteiger partial charge < -0.3 is 29.7 Å². The normalized spacial score (nSPS) is 23.7. The van der Waals surface area contributed by atoms with Gasteiger partial charge in [-0.1, -0.05) is 30.3 Å². The van der Waals surface area contributed by atoms with Crippen molar-refractivity contribution in [1.82, 2.24) is 15.5 Å². The third kappa shape index (κ3) is 5.69. The van der Waals surface area contributed by atoms with E-state index in [9.17, 15) is 24.0 Å². The van der Waals surface area contributed by atoms with Crippen molar-refractivity contribution in [3.8, 4) is 0 Å². The molecule has 5 atom stereocenters.